The van der Waals surface area contributed by atoms with Crippen LogP contribution in [-0.4, -0.2) is 42.6 Å². The molecule has 2 fully saturated rings. The highest BCUT2D eigenvalue weighted by atomic mass is 32.2. The van der Waals surface area contributed by atoms with Crippen LogP contribution in [0.25, 0.3) is 0 Å². The number of thioether (sulfide) groups is 1. The Bertz CT molecular complexity index is 208. The van der Waals surface area contributed by atoms with Gasteiger partial charge in [-0.25, -0.2) is 0 Å². The van der Waals surface area contributed by atoms with Gasteiger partial charge in [-0.15, -0.1) is 0 Å². The molecule has 0 bridgehead atoms. The van der Waals surface area contributed by atoms with Crippen molar-refractivity contribution in [2.45, 2.75) is 44.6 Å². The predicted molar refractivity (Wildman–Crippen MR) is 72.9 cm³/mol. The molecule has 0 amide bonds. The van der Waals surface area contributed by atoms with Gasteiger partial charge in [-0.3, -0.25) is 0 Å². The SMILES string of the molecule is CN(CC1(CN)CCCCC1)C1CCSC1. The summed E-state index contributed by atoms with van der Waals surface area (Å²) in [6.07, 6.45) is 8.29. The van der Waals surface area contributed by atoms with E-state index in [0.717, 1.165) is 12.6 Å². The summed E-state index contributed by atoms with van der Waals surface area (Å²) < 4.78 is 0. The van der Waals surface area contributed by atoms with E-state index in [4.69, 9.17) is 5.73 Å². The van der Waals surface area contributed by atoms with Crippen molar-refractivity contribution in [3.8, 4) is 0 Å². The normalized spacial score (nSPS) is 29.8. The molecular weight excluding hydrogens is 216 g/mol. The maximum Gasteiger partial charge on any atom is 0.0191 e. The molecule has 1 saturated heterocycles. The summed E-state index contributed by atoms with van der Waals surface area (Å²) in [4.78, 5) is 2.60. The van der Waals surface area contributed by atoms with Gasteiger partial charge in [0.25, 0.3) is 0 Å². The molecule has 0 aromatic carbocycles. The van der Waals surface area contributed by atoms with Gasteiger partial charge in [-0.2, -0.15) is 11.8 Å². The van der Waals surface area contributed by atoms with Crippen molar-refractivity contribution in [2.24, 2.45) is 11.1 Å². The molecule has 0 radical (unpaired) electrons. The maximum atomic E-state index is 6.05. The van der Waals surface area contributed by atoms with Crippen molar-refractivity contribution in [1.29, 1.82) is 0 Å². The van der Waals surface area contributed by atoms with Crippen LogP contribution in [0.15, 0.2) is 0 Å². The summed E-state index contributed by atoms with van der Waals surface area (Å²) in [6, 6.07) is 0.815. The summed E-state index contributed by atoms with van der Waals surface area (Å²) in [5, 5.41) is 0. The lowest BCUT2D eigenvalue weighted by atomic mass is 9.73. The fourth-order valence-electron chi connectivity index (χ4n) is 3.26. The van der Waals surface area contributed by atoms with Crippen LogP contribution < -0.4 is 5.73 Å². The van der Waals surface area contributed by atoms with Crippen molar-refractivity contribution in [3.05, 3.63) is 0 Å². The van der Waals surface area contributed by atoms with Gasteiger partial charge in [0.1, 0.15) is 0 Å². The van der Waals surface area contributed by atoms with Crippen molar-refractivity contribution >= 4 is 11.8 Å². The Hall–Kier alpha value is 0.270. The largest absolute Gasteiger partial charge is 0.330 e. The zero-order valence-electron chi connectivity index (χ0n) is 10.6. The van der Waals surface area contributed by atoms with Crippen molar-refractivity contribution < 1.29 is 0 Å². The molecule has 3 heteroatoms. The Balaban J connectivity index is 1.89. The molecule has 1 unspecified atom stereocenters. The molecule has 16 heavy (non-hydrogen) atoms. The Kier molecular flexibility index (Phi) is 4.57. The summed E-state index contributed by atoms with van der Waals surface area (Å²) >= 11 is 2.11. The molecule has 2 nitrogen and oxygen atoms in total. The van der Waals surface area contributed by atoms with E-state index in [9.17, 15) is 0 Å². The highest BCUT2D eigenvalue weighted by Crippen LogP contribution is 2.37. The van der Waals surface area contributed by atoms with E-state index < -0.39 is 0 Å². The predicted octanol–water partition coefficient (Wildman–Crippen LogP) is 2.33. The molecule has 1 saturated carbocycles. The van der Waals surface area contributed by atoms with E-state index in [1.165, 1.54) is 56.6 Å². The molecule has 1 heterocycles. The van der Waals surface area contributed by atoms with Crippen LogP contribution in [0.5, 0.6) is 0 Å². The zero-order valence-corrected chi connectivity index (χ0v) is 11.4. The summed E-state index contributed by atoms with van der Waals surface area (Å²) in [5.74, 6) is 2.68. The van der Waals surface area contributed by atoms with E-state index in [0.29, 0.717) is 5.41 Å². The van der Waals surface area contributed by atoms with Gasteiger partial charge in [0.05, 0.1) is 0 Å². The second-order valence-corrected chi connectivity index (χ2v) is 6.85. The molecule has 2 aliphatic rings. The first-order valence-corrected chi connectivity index (χ1v) is 7.89. The molecule has 0 aromatic heterocycles. The fourth-order valence-corrected chi connectivity index (χ4v) is 4.56. The van der Waals surface area contributed by atoms with Gasteiger partial charge in [-0.1, -0.05) is 19.3 Å². The van der Waals surface area contributed by atoms with Crippen LogP contribution >= 0.6 is 11.8 Å². The first-order chi connectivity index (χ1) is 7.76. The second-order valence-electron chi connectivity index (χ2n) is 5.70. The van der Waals surface area contributed by atoms with Crippen molar-refractivity contribution in [1.82, 2.24) is 4.90 Å². The lowest BCUT2D eigenvalue weighted by Crippen LogP contribution is -2.46. The summed E-state index contributed by atoms with van der Waals surface area (Å²) in [5.41, 5.74) is 6.50. The molecule has 1 atom stereocenters. The highest BCUT2D eigenvalue weighted by molar-refractivity contribution is 7.99. The van der Waals surface area contributed by atoms with Crippen LogP contribution in [-0.2, 0) is 0 Å². The zero-order chi connectivity index (χ0) is 11.4. The second kappa shape index (κ2) is 5.74. The molecule has 0 aromatic rings. The quantitative estimate of drug-likeness (QED) is 0.820. The number of hydrogen-bond donors (Lipinski definition) is 1. The first-order valence-electron chi connectivity index (χ1n) is 6.74. The number of nitrogens with two attached hydrogens (primary N) is 1. The summed E-state index contributed by atoms with van der Waals surface area (Å²) in [6.45, 7) is 2.12. The van der Waals surface area contributed by atoms with Gasteiger partial charge in [0.2, 0.25) is 0 Å². The molecular formula is C13H26N2S. The van der Waals surface area contributed by atoms with Gasteiger partial charge in [0.15, 0.2) is 0 Å². The molecule has 1 aliphatic heterocycles. The van der Waals surface area contributed by atoms with Gasteiger partial charge >= 0.3 is 0 Å². The minimum atomic E-state index is 0.445. The minimum Gasteiger partial charge on any atom is -0.330 e. The van der Waals surface area contributed by atoms with Gasteiger partial charge < -0.3 is 10.6 Å². The van der Waals surface area contributed by atoms with E-state index >= 15 is 0 Å². The third-order valence-electron chi connectivity index (χ3n) is 4.46. The number of rotatable bonds is 4. The lowest BCUT2D eigenvalue weighted by molar-refractivity contribution is 0.107. The van der Waals surface area contributed by atoms with Crippen LogP contribution in [0.2, 0.25) is 0 Å². The molecule has 0 spiro atoms. The maximum absolute atomic E-state index is 6.05. The van der Waals surface area contributed by atoms with Crippen molar-refractivity contribution in [2.75, 3.05) is 31.6 Å². The average molecular weight is 242 g/mol. The van der Waals surface area contributed by atoms with E-state index in [1.54, 1.807) is 0 Å². The Morgan fingerprint density at radius 1 is 1.31 bits per heavy atom. The van der Waals surface area contributed by atoms with E-state index in [2.05, 4.69) is 23.7 Å². The molecule has 94 valence electrons. The van der Waals surface area contributed by atoms with Crippen LogP contribution in [0.4, 0.5) is 0 Å². The van der Waals surface area contributed by atoms with Crippen LogP contribution in [0.3, 0.4) is 0 Å². The van der Waals surface area contributed by atoms with Crippen LogP contribution in [0.1, 0.15) is 38.5 Å². The monoisotopic (exact) mass is 242 g/mol. The smallest absolute Gasteiger partial charge is 0.0191 e. The third kappa shape index (κ3) is 2.93. The average Bonchev–Trinajstić information content (AvgIpc) is 2.84. The Morgan fingerprint density at radius 3 is 2.62 bits per heavy atom. The minimum absolute atomic E-state index is 0.445. The summed E-state index contributed by atoms with van der Waals surface area (Å²) in [7, 11) is 2.31. The lowest BCUT2D eigenvalue weighted by Gasteiger charge is -2.41. The van der Waals surface area contributed by atoms with Gasteiger partial charge in [-0.05, 0) is 44.0 Å². The fraction of sp³-hybridized carbons (Fsp3) is 1.00. The third-order valence-corrected chi connectivity index (χ3v) is 5.61. The van der Waals surface area contributed by atoms with E-state index in [1.807, 2.05) is 0 Å². The van der Waals surface area contributed by atoms with E-state index in [-0.39, 0.29) is 0 Å². The molecule has 1 aliphatic carbocycles. The molecule has 2 N–H and O–H groups in total. The molecule has 2 rings (SSSR count). The Labute approximate surface area is 104 Å². The topological polar surface area (TPSA) is 29.3 Å². The first kappa shape index (κ1) is 12.7. The standard InChI is InChI=1S/C13H26N2S/c1-15(12-5-8-16-9-12)11-13(10-14)6-3-2-4-7-13/h12H,2-11,14H2,1H3. The highest BCUT2D eigenvalue weighted by Gasteiger charge is 2.33. The van der Waals surface area contributed by atoms with Crippen molar-refractivity contribution in [3.63, 3.8) is 0 Å². The number of nitrogens with zero attached hydrogens (tertiary/aromatic N) is 1. The number of hydrogen-bond acceptors (Lipinski definition) is 3. The van der Waals surface area contributed by atoms with Crippen LogP contribution in [0, 0.1) is 5.41 Å². The Morgan fingerprint density at radius 2 is 2.06 bits per heavy atom. The van der Waals surface area contributed by atoms with Gasteiger partial charge in [0, 0.05) is 18.3 Å².